The van der Waals surface area contributed by atoms with Gasteiger partial charge in [-0.3, -0.25) is 14.8 Å². The third-order valence-electron chi connectivity index (χ3n) is 7.57. The SMILES string of the molecule is COc1cc2c(Oc3ccc(NC(=O)c4cc(-c5ccccc5)ccn4)cc3F)ccnc2cc1OCCCN1CCCC1. The summed E-state index contributed by atoms with van der Waals surface area (Å²) >= 11 is 0. The Balaban J connectivity index is 1.14. The molecule has 0 radical (unpaired) electrons. The van der Waals surface area contributed by atoms with E-state index in [1.165, 1.54) is 25.0 Å². The summed E-state index contributed by atoms with van der Waals surface area (Å²) in [7, 11) is 1.58. The number of hydrogen-bond acceptors (Lipinski definition) is 7. The zero-order valence-electron chi connectivity index (χ0n) is 24.5. The van der Waals surface area contributed by atoms with Crippen LogP contribution in [0.3, 0.4) is 0 Å². The number of rotatable bonds is 11. The number of likely N-dealkylation sites (tertiary alicyclic amines) is 1. The lowest BCUT2D eigenvalue weighted by atomic mass is 10.1. The summed E-state index contributed by atoms with van der Waals surface area (Å²) < 4.78 is 32.8. The highest BCUT2D eigenvalue weighted by Gasteiger charge is 2.16. The molecule has 1 aliphatic heterocycles. The number of anilines is 1. The fourth-order valence-electron chi connectivity index (χ4n) is 5.31. The van der Waals surface area contributed by atoms with Crippen molar-refractivity contribution in [3.05, 3.63) is 103 Å². The molecular formula is C35H33FN4O4. The van der Waals surface area contributed by atoms with Crippen molar-refractivity contribution in [3.63, 3.8) is 0 Å². The van der Waals surface area contributed by atoms with E-state index in [1.54, 1.807) is 43.8 Å². The molecule has 0 spiro atoms. The van der Waals surface area contributed by atoms with Crippen LogP contribution in [0.4, 0.5) is 10.1 Å². The van der Waals surface area contributed by atoms with Gasteiger partial charge in [-0.05, 0) is 79.9 Å². The van der Waals surface area contributed by atoms with Gasteiger partial charge in [0.25, 0.3) is 5.91 Å². The lowest BCUT2D eigenvalue weighted by molar-refractivity contribution is 0.102. The van der Waals surface area contributed by atoms with Crippen LogP contribution in [-0.2, 0) is 0 Å². The number of amides is 1. The third kappa shape index (κ3) is 6.79. The molecule has 9 heteroatoms. The number of pyridine rings is 2. The van der Waals surface area contributed by atoms with Crippen LogP contribution in [0.25, 0.3) is 22.0 Å². The van der Waals surface area contributed by atoms with Crippen LogP contribution >= 0.6 is 0 Å². The van der Waals surface area contributed by atoms with Crippen LogP contribution in [0, 0.1) is 5.82 Å². The standard InChI is InChI=1S/C35H33FN4O4/c1-42-33-22-27-29(23-34(33)43-19-7-18-40-16-5-6-17-40)37-15-13-31(27)44-32-11-10-26(21-28(32)36)39-35(41)30-20-25(12-14-38-30)24-8-3-2-4-9-24/h2-4,8-15,20-23H,5-7,16-19H2,1H3,(H,39,41). The summed E-state index contributed by atoms with van der Waals surface area (Å²) in [5, 5.41) is 3.36. The quantitative estimate of drug-likeness (QED) is 0.161. The number of methoxy groups -OCH3 is 1. The zero-order valence-corrected chi connectivity index (χ0v) is 24.5. The lowest BCUT2D eigenvalue weighted by Crippen LogP contribution is -2.21. The molecular weight excluding hydrogens is 559 g/mol. The van der Waals surface area contributed by atoms with E-state index in [0.29, 0.717) is 34.8 Å². The first-order chi connectivity index (χ1) is 21.6. The van der Waals surface area contributed by atoms with Crippen molar-refractivity contribution in [1.82, 2.24) is 14.9 Å². The van der Waals surface area contributed by atoms with Crippen molar-refractivity contribution >= 4 is 22.5 Å². The Kier molecular flexibility index (Phi) is 8.93. The molecule has 1 amide bonds. The highest BCUT2D eigenvalue weighted by Crippen LogP contribution is 2.38. The summed E-state index contributed by atoms with van der Waals surface area (Å²) in [6, 6.07) is 22.8. The van der Waals surface area contributed by atoms with Crippen molar-refractivity contribution < 1.29 is 23.4 Å². The third-order valence-corrected chi connectivity index (χ3v) is 7.57. The maximum Gasteiger partial charge on any atom is 0.274 e. The first-order valence-electron chi connectivity index (χ1n) is 14.7. The molecule has 224 valence electrons. The Morgan fingerprint density at radius 2 is 1.68 bits per heavy atom. The van der Waals surface area contributed by atoms with Crippen molar-refractivity contribution in [2.45, 2.75) is 19.3 Å². The van der Waals surface area contributed by atoms with Crippen LogP contribution in [0.5, 0.6) is 23.0 Å². The van der Waals surface area contributed by atoms with E-state index >= 15 is 4.39 Å². The van der Waals surface area contributed by atoms with Crippen molar-refractivity contribution in [2.24, 2.45) is 0 Å². The molecule has 44 heavy (non-hydrogen) atoms. The minimum absolute atomic E-state index is 0.000838. The van der Waals surface area contributed by atoms with Gasteiger partial charge in [-0.15, -0.1) is 0 Å². The Bertz CT molecular complexity index is 1760. The Labute approximate surface area is 255 Å². The first-order valence-corrected chi connectivity index (χ1v) is 14.7. The fraction of sp³-hybridized carbons (Fsp3) is 0.229. The second-order valence-electron chi connectivity index (χ2n) is 10.6. The topological polar surface area (TPSA) is 85.8 Å². The van der Waals surface area contributed by atoms with E-state index in [0.717, 1.165) is 37.2 Å². The molecule has 1 fully saturated rings. The monoisotopic (exact) mass is 592 g/mol. The smallest absolute Gasteiger partial charge is 0.274 e. The predicted octanol–water partition coefficient (Wildman–Crippen LogP) is 7.35. The Morgan fingerprint density at radius 3 is 2.48 bits per heavy atom. The van der Waals surface area contributed by atoms with Crippen molar-refractivity contribution in [2.75, 3.05) is 38.7 Å². The number of halogens is 1. The number of fused-ring (bicyclic) bond motifs is 1. The van der Waals surface area contributed by atoms with E-state index < -0.39 is 11.7 Å². The van der Waals surface area contributed by atoms with Gasteiger partial charge in [0.05, 0.1) is 19.2 Å². The number of ether oxygens (including phenoxy) is 3. The molecule has 1 saturated heterocycles. The van der Waals surface area contributed by atoms with Crippen LogP contribution < -0.4 is 19.5 Å². The normalized spacial score (nSPS) is 13.1. The number of benzene rings is 3. The minimum Gasteiger partial charge on any atom is -0.493 e. The molecule has 8 nitrogen and oxygen atoms in total. The Hall–Kier alpha value is -5.02. The average Bonchev–Trinajstić information content (AvgIpc) is 3.58. The second-order valence-corrected chi connectivity index (χ2v) is 10.6. The van der Waals surface area contributed by atoms with Crippen molar-refractivity contribution in [3.8, 4) is 34.1 Å². The van der Waals surface area contributed by atoms with E-state index in [4.69, 9.17) is 14.2 Å². The summed E-state index contributed by atoms with van der Waals surface area (Å²) in [6.07, 6.45) is 6.63. The van der Waals surface area contributed by atoms with Gasteiger partial charge in [-0.25, -0.2) is 4.39 Å². The molecule has 3 aromatic carbocycles. The lowest BCUT2D eigenvalue weighted by Gasteiger charge is -2.16. The van der Waals surface area contributed by atoms with Gasteiger partial charge < -0.3 is 24.4 Å². The first kappa shape index (κ1) is 29.1. The van der Waals surface area contributed by atoms with E-state index in [-0.39, 0.29) is 17.1 Å². The highest BCUT2D eigenvalue weighted by atomic mass is 19.1. The molecule has 0 aliphatic carbocycles. The van der Waals surface area contributed by atoms with Gasteiger partial charge in [0, 0.05) is 42.1 Å². The van der Waals surface area contributed by atoms with Gasteiger partial charge in [-0.2, -0.15) is 0 Å². The van der Waals surface area contributed by atoms with E-state index in [2.05, 4.69) is 20.2 Å². The number of nitrogens with one attached hydrogen (secondary N) is 1. The molecule has 1 N–H and O–H groups in total. The van der Waals surface area contributed by atoms with Crippen molar-refractivity contribution in [1.29, 1.82) is 0 Å². The van der Waals surface area contributed by atoms with E-state index in [1.807, 2.05) is 42.5 Å². The summed E-state index contributed by atoms with van der Waals surface area (Å²) in [4.78, 5) is 24.0. The zero-order chi connectivity index (χ0) is 30.3. The van der Waals surface area contributed by atoms with E-state index in [9.17, 15) is 4.79 Å². The van der Waals surface area contributed by atoms with Gasteiger partial charge in [0.15, 0.2) is 23.1 Å². The number of nitrogens with zero attached hydrogens (tertiary/aromatic N) is 3. The Morgan fingerprint density at radius 1 is 0.864 bits per heavy atom. The molecule has 0 bridgehead atoms. The fourth-order valence-corrected chi connectivity index (χ4v) is 5.31. The molecule has 3 heterocycles. The molecule has 0 atom stereocenters. The summed E-state index contributed by atoms with van der Waals surface area (Å²) in [6.45, 7) is 3.89. The second kappa shape index (κ2) is 13.5. The molecule has 6 rings (SSSR count). The number of hydrogen-bond donors (Lipinski definition) is 1. The summed E-state index contributed by atoms with van der Waals surface area (Å²) in [5.41, 5.74) is 2.96. The van der Waals surface area contributed by atoms with Gasteiger partial charge >= 0.3 is 0 Å². The average molecular weight is 593 g/mol. The van der Waals surface area contributed by atoms with Crippen LogP contribution in [0.15, 0.2) is 91.3 Å². The predicted molar refractivity (Wildman–Crippen MR) is 168 cm³/mol. The van der Waals surface area contributed by atoms with Gasteiger partial charge in [0.1, 0.15) is 11.4 Å². The number of carbonyl (C=O) groups is 1. The maximum atomic E-state index is 15.2. The summed E-state index contributed by atoms with van der Waals surface area (Å²) in [5.74, 6) is 0.467. The molecule has 5 aromatic rings. The van der Waals surface area contributed by atoms with Crippen LogP contribution in [0.2, 0.25) is 0 Å². The molecule has 0 saturated carbocycles. The largest absolute Gasteiger partial charge is 0.493 e. The molecule has 2 aromatic heterocycles. The van der Waals surface area contributed by atoms with Gasteiger partial charge in [0.2, 0.25) is 0 Å². The van der Waals surface area contributed by atoms with Crippen LogP contribution in [0.1, 0.15) is 29.8 Å². The molecule has 1 aliphatic rings. The highest BCUT2D eigenvalue weighted by molar-refractivity contribution is 6.03. The van der Waals surface area contributed by atoms with Gasteiger partial charge in [-0.1, -0.05) is 30.3 Å². The molecule has 0 unspecified atom stereocenters. The minimum atomic E-state index is -0.635. The number of aromatic nitrogens is 2. The number of carbonyl (C=O) groups excluding carboxylic acids is 1. The van der Waals surface area contributed by atoms with Crippen LogP contribution in [-0.4, -0.2) is 54.1 Å². The maximum absolute atomic E-state index is 15.2.